The molecule has 1 aromatic rings. The Morgan fingerprint density at radius 1 is 1.35 bits per heavy atom. The maximum absolute atomic E-state index is 11.6. The Morgan fingerprint density at radius 3 is 2.60 bits per heavy atom. The molecule has 0 radical (unpaired) electrons. The molecule has 0 unspecified atom stereocenters. The Labute approximate surface area is 118 Å². The topological polar surface area (TPSA) is 84.2 Å². The van der Waals surface area contributed by atoms with Gasteiger partial charge in [-0.15, -0.1) is 0 Å². The van der Waals surface area contributed by atoms with Gasteiger partial charge in [-0.25, -0.2) is 8.42 Å². The van der Waals surface area contributed by atoms with Crippen molar-refractivity contribution in [3.05, 3.63) is 35.4 Å². The van der Waals surface area contributed by atoms with E-state index in [1.165, 1.54) is 0 Å². The molecule has 0 bridgehead atoms. The summed E-state index contributed by atoms with van der Waals surface area (Å²) >= 11 is 0. The average Bonchev–Trinajstić information content (AvgIpc) is 2.76. The summed E-state index contributed by atoms with van der Waals surface area (Å²) in [5, 5.41) is 8.66. The van der Waals surface area contributed by atoms with Crippen LogP contribution in [0.15, 0.2) is 24.3 Å². The molecule has 1 aliphatic rings. The molecule has 20 heavy (non-hydrogen) atoms. The first-order chi connectivity index (χ1) is 9.48. The predicted octanol–water partition coefficient (Wildman–Crippen LogP) is 1.43. The highest BCUT2D eigenvalue weighted by atomic mass is 32.2. The second-order valence-corrected chi connectivity index (χ2v) is 7.17. The van der Waals surface area contributed by atoms with Gasteiger partial charge in [0.15, 0.2) is 9.84 Å². The van der Waals surface area contributed by atoms with Crippen LogP contribution in [-0.2, 0) is 26.0 Å². The van der Waals surface area contributed by atoms with E-state index in [4.69, 9.17) is 10.00 Å². The number of hydrogen-bond donors (Lipinski definition) is 0. The molecule has 1 aromatic carbocycles. The largest absolute Gasteiger partial charge is 0.461 e. The lowest BCUT2D eigenvalue weighted by molar-refractivity contribution is -0.145. The molecule has 0 aliphatic carbocycles. The van der Waals surface area contributed by atoms with E-state index in [0.717, 1.165) is 5.56 Å². The van der Waals surface area contributed by atoms with Crippen LogP contribution in [0, 0.1) is 17.2 Å². The fourth-order valence-corrected chi connectivity index (χ4v) is 4.03. The van der Waals surface area contributed by atoms with Gasteiger partial charge in [-0.2, -0.15) is 5.26 Å². The monoisotopic (exact) mass is 293 g/mol. The van der Waals surface area contributed by atoms with Gasteiger partial charge in [-0.3, -0.25) is 4.79 Å². The molecule has 1 fully saturated rings. The number of carbonyl (C=O) groups is 1. The summed E-state index contributed by atoms with van der Waals surface area (Å²) in [6, 6.07) is 8.79. The molecule has 1 aliphatic heterocycles. The summed E-state index contributed by atoms with van der Waals surface area (Å²) in [5.74, 6) is -0.246. The van der Waals surface area contributed by atoms with E-state index in [2.05, 4.69) is 0 Å². The standard InChI is InChI=1S/C14H15NO4S/c15-8-11-1-3-12(4-2-11)9-19-14(16)7-13-5-6-20(17,18)10-13/h1-4,13H,5-7,9-10H2/t13-/m1/s1. The Balaban J connectivity index is 1.79. The normalized spacial score (nSPS) is 20.2. The van der Waals surface area contributed by atoms with Gasteiger partial charge in [0.25, 0.3) is 0 Å². The number of nitriles is 1. The number of benzene rings is 1. The molecule has 2 rings (SSSR count). The Hall–Kier alpha value is -1.87. The van der Waals surface area contributed by atoms with E-state index in [-0.39, 0.29) is 36.4 Å². The van der Waals surface area contributed by atoms with Crippen LogP contribution >= 0.6 is 0 Å². The fourth-order valence-electron chi connectivity index (χ4n) is 2.17. The maximum atomic E-state index is 11.6. The molecule has 1 atom stereocenters. The molecule has 0 amide bonds. The van der Waals surface area contributed by atoms with Gasteiger partial charge in [0.2, 0.25) is 0 Å². The molecule has 0 spiro atoms. The van der Waals surface area contributed by atoms with Crippen LogP contribution < -0.4 is 0 Å². The molecule has 0 saturated carbocycles. The van der Waals surface area contributed by atoms with Gasteiger partial charge in [0.1, 0.15) is 6.61 Å². The van der Waals surface area contributed by atoms with Crippen molar-refractivity contribution in [3.63, 3.8) is 0 Å². The summed E-state index contributed by atoms with van der Waals surface area (Å²) in [6.07, 6.45) is 0.684. The van der Waals surface area contributed by atoms with Crippen molar-refractivity contribution in [2.24, 2.45) is 5.92 Å². The first kappa shape index (κ1) is 14.5. The van der Waals surface area contributed by atoms with E-state index in [1.807, 2.05) is 6.07 Å². The van der Waals surface area contributed by atoms with E-state index in [1.54, 1.807) is 24.3 Å². The van der Waals surface area contributed by atoms with Crippen molar-refractivity contribution in [1.29, 1.82) is 5.26 Å². The number of hydrogen-bond acceptors (Lipinski definition) is 5. The zero-order valence-electron chi connectivity index (χ0n) is 10.9. The van der Waals surface area contributed by atoms with Crippen LogP contribution in [0.1, 0.15) is 24.0 Å². The molecule has 0 N–H and O–H groups in total. The van der Waals surface area contributed by atoms with Gasteiger partial charge >= 0.3 is 5.97 Å². The molecular weight excluding hydrogens is 278 g/mol. The van der Waals surface area contributed by atoms with Crippen LogP contribution in [0.3, 0.4) is 0 Å². The maximum Gasteiger partial charge on any atom is 0.306 e. The minimum absolute atomic E-state index is 0.0823. The number of ether oxygens (including phenoxy) is 1. The molecular formula is C14H15NO4S. The first-order valence-electron chi connectivity index (χ1n) is 6.33. The molecule has 1 saturated heterocycles. The number of nitrogens with zero attached hydrogens (tertiary/aromatic N) is 1. The predicted molar refractivity (Wildman–Crippen MR) is 72.3 cm³/mol. The molecule has 106 valence electrons. The number of rotatable bonds is 4. The summed E-state index contributed by atoms with van der Waals surface area (Å²) in [7, 11) is -2.95. The Kier molecular flexibility index (Phi) is 4.40. The van der Waals surface area contributed by atoms with Gasteiger partial charge in [0.05, 0.1) is 23.1 Å². The minimum Gasteiger partial charge on any atom is -0.461 e. The van der Waals surface area contributed by atoms with Crippen molar-refractivity contribution < 1.29 is 17.9 Å². The van der Waals surface area contributed by atoms with Gasteiger partial charge < -0.3 is 4.74 Å². The van der Waals surface area contributed by atoms with Crippen molar-refractivity contribution in [2.45, 2.75) is 19.4 Å². The van der Waals surface area contributed by atoms with E-state index in [0.29, 0.717) is 12.0 Å². The summed E-state index contributed by atoms with van der Waals surface area (Å²) in [6.45, 7) is 0.143. The minimum atomic E-state index is -2.95. The van der Waals surface area contributed by atoms with Gasteiger partial charge in [0, 0.05) is 6.42 Å². The number of carbonyl (C=O) groups excluding carboxylic acids is 1. The SMILES string of the molecule is N#Cc1ccc(COC(=O)C[C@H]2CCS(=O)(=O)C2)cc1. The first-order valence-corrected chi connectivity index (χ1v) is 8.16. The van der Waals surface area contributed by atoms with Gasteiger partial charge in [-0.1, -0.05) is 12.1 Å². The van der Waals surface area contributed by atoms with Crippen molar-refractivity contribution in [3.8, 4) is 6.07 Å². The highest BCUT2D eigenvalue weighted by Crippen LogP contribution is 2.22. The van der Waals surface area contributed by atoms with Crippen molar-refractivity contribution in [1.82, 2.24) is 0 Å². The van der Waals surface area contributed by atoms with Crippen LogP contribution in [-0.4, -0.2) is 25.9 Å². The number of esters is 1. The highest BCUT2D eigenvalue weighted by Gasteiger charge is 2.29. The third-order valence-corrected chi connectivity index (χ3v) is 5.10. The van der Waals surface area contributed by atoms with Crippen molar-refractivity contribution >= 4 is 15.8 Å². The number of sulfone groups is 1. The molecule has 1 heterocycles. The molecule has 0 aromatic heterocycles. The molecule has 6 heteroatoms. The lowest BCUT2D eigenvalue weighted by Gasteiger charge is -2.08. The lowest BCUT2D eigenvalue weighted by Crippen LogP contribution is -2.13. The van der Waals surface area contributed by atoms with Crippen LogP contribution in [0.25, 0.3) is 0 Å². The second kappa shape index (κ2) is 6.06. The summed E-state index contributed by atoms with van der Waals surface area (Å²) in [5.41, 5.74) is 1.35. The van der Waals surface area contributed by atoms with E-state index < -0.39 is 9.84 Å². The Morgan fingerprint density at radius 2 is 2.05 bits per heavy atom. The second-order valence-electron chi connectivity index (χ2n) is 4.94. The quantitative estimate of drug-likeness (QED) is 0.784. The smallest absolute Gasteiger partial charge is 0.306 e. The van der Waals surface area contributed by atoms with Crippen LogP contribution in [0.4, 0.5) is 0 Å². The third-order valence-electron chi connectivity index (χ3n) is 3.26. The highest BCUT2D eigenvalue weighted by molar-refractivity contribution is 7.91. The zero-order valence-corrected chi connectivity index (χ0v) is 11.7. The van der Waals surface area contributed by atoms with E-state index >= 15 is 0 Å². The zero-order chi connectivity index (χ0) is 14.6. The summed E-state index contributed by atoms with van der Waals surface area (Å²) < 4.78 is 27.7. The summed E-state index contributed by atoms with van der Waals surface area (Å²) in [4.78, 5) is 11.6. The Bertz CT molecular complexity index is 628. The van der Waals surface area contributed by atoms with E-state index in [9.17, 15) is 13.2 Å². The molecule has 5 nitrogen and oxygen atoms in total. The lowest BCUT2D eigenvalue weighted by atomic mass is 10.1. The van der Waals surface area contributed by atoms with Crippen molar-refractivity contribution in [2.75, 3.05) is 11.5 Å². The average molecular weight is 293 g/mol. The van der Waals surface area contributed by atoms with Crippen LogP contribution in [0.2, 0.25) is 0 Å². The van der Waals surface area contributed by atoms with Crippen LogP contribution in [0.5, 0.6) is 0 Å². The fraction of sp³-hybridized carbons (Fsp3) is 0.429. The third kappa shape index (κ3) is 4.07. The van der Waals surface area contributed by atoms with Gasteiger partial charge in [-0.05, 0) is 30.0 Å².